The summed E-state index contributed by atoms with van der Waals surface area (Å²) >= 11 is 0. The fourth-order valence-corrected chi connectivity index (χ4v) is 0.869. The second kappa shape index (κ2) is 2.53. The fourth-order valence-electron chi connectivity index (χ4n) is 0.869. The van der Waals surface area contributed by atoms with Crippen molar-refractivity contribution in [3.8, 4) is 0 Å². The van der Waals surface area contributed by atoms with E-state index in [4.69, 9.17) is 0 Å². The van der Waals surface area contributed by atoms with Crippen LogP contribution < -0.4 is 0 Å². The predicted molar refractivity (Wildman–Crippen MR) is 37.8 cm³/mol. The second-order valence-electron chi connectivity index (χ2n) is 2.14. The number of imidazole rings is 1. The molecule has 0 spiro atoms. The molecule has 0 aliphatic heterocycles. The van der Waals surface area contributed by atoms with Gasteiger partial charge in [-0.3, -0.25) is 5.10 Å². The first-order valence-corrected chi connectivity index (χ1v) is 3.27. The molecule has 56 valence electrons. The minimum absolute atomic E-state index is 0.674. The molecular formula is C6H7N5. The molecule has 0 bridgehead atoms. The van der Waals surface area contributed by atoms with Crippen LogP contribution in [-0.4, -0.2) is 25.1 Å². The first-order chi connectivity index (χ1) is 5.45. The molecule has 2 heterocycles. The van der Waals surface area contributed by atoms with Crippen LogP contribution in [0.3, 0.4) is 0 Å². The Bertz CT molecular complexity index is 263. The van der Waals surface area contributed by atoms with Crippen LogP contribution in [0.15, 0.2) is 18.7 Å². The first-order valence-electron chi connectivity index (χ1n) is 3.27. The van der Waals surface area contributed by atoms with Crippen LogP contribution in [0.2, 0.25) is 0 Å². The molecule has 2 aromatic rings. The molecule has 0 aliphatic carbocycles. The van der Waals surface area contributed by atoms with Crippen molar-refractivity contribution < 1.29 is 0 Å². The van der Waals surface area contributed by atoms with Gasteiger partial charge in [0.25, 0.3) is 0 Å². The quantitative estimate of drug-likeness (QED) is 0.637. The summed E-state index contributed by atoms with van der Waals surface area (Å²) in [6.45, 7) is 0. The normalized spacial score (nSPS) is 10.2. The second-order valence-corrected chi connectivity index (χ2v) is 2.14. The van der Waals surface area contributed by atoms with Gasteiger partial charge in [0.15, 0.2) is 0 Å². The zero-order chi connectivity index (χ0) is 7.52. The number of hydrogen-bond acceptors (Lipinski definition) is 3. The van der Waals surface area contributed by atoms with Gasteiger partial charge in [0.1, 0.15) is 18.0 Å². The van der Waals surface area contributed by atoms with Crippen molar-refractivity contribution in [1.82, 2.24) is 25.1 Å². The van der Waals surface area contributed by atoms with Crippen molar-refractivity contribution in [2.45, 2.75) is 6.42 Å². The summed E-state index contributed by atoms with van der Waals surface area (Å²) in [6.07, 6.45) is 5.66. The van der Waals surface area contributed by atoms with Crippen LogP contribution in [0, 0.1) is 0 Å². The van der Waals surface area contributed by atoms with Crippen molar-refractivity contribution in [2.24, 2.45) is 0 Å². The van der Waals surface area contributed by atoms with Crippen molar-refractivity contribution in [1.29, 1.82) is 0 Å². The van der Waals surface area contributed by atoms with E-state index in [9.17, 15) is 0 Å². The van der Waals surface area contributed by atoms with Crippen LogP contribution in [0.25, 0.3) is 0 Å². The third-order valence-electron chi connectivity index (χ3n) is 1.35. The first kappa shape index (κ1) is 6.09. The SMILES string of the molecule is c1c[nH]c(Cc2ncn[nH]2)n1. The molecule has 11 heavy (non-hydrogen) atoms. The largest absolute Gasteiger partial charge is 0.348 e. The highest BCUT2D eigenvalue weighted by Gasteiger charge is 1.98. The molecule has 2 aromatic heterocycles. The van der Waals surface area contributed by atoms with Crippen molar-refractivity contribution in [2.75, 3.05) is 0 Å². The van der Waals surface area contributed by atoms with E-state index < -0.39 is 0 Å². The highest BCUT2D eigenvalue weighted by Crippen LogP contribution is 1.95. The summed E-state index contributed by atoms with van der Waals surface area (Å²) in [5.74, 6) is 1.71. The number of aromatic amines is 2. The van der Waals surface area contributed by atoms with Crippen LogP contribution in [-0.2, 0) is 6.42 Å². The zero-order valence-electron chi connectivity index (χ0n) is 5.78. The van der Waals surface area contributed by atoms with Crippen molar-refractivity contribution in [3.05, 3.63) is 30.4 Å². The lowest BCUT2D eigenvalue weighted by Gasteiger charge is -1.88. The van der Waals surface area contributed by atoms with E-state index in [1.807, 2.05) is 0 Å². The summed E-state index contributed by atoms with van der Waals surface area (Å²) in [4.78, 5) is 11.0. The molecule has 0 saturated heterocycles. The number of hydrogen-bond donors (Lipinski definition) is 2. The molecule has 0 fully saturated rings. The highest BCUT2D eigenvalue weighted by molar-refractivity contribution is 4.97. The third-order valence-corrected chi connectivity index (χ3v) is 1.35. The molecule has 0 atom stereocenters. The summed E-state index contributed by atoms with van der Waals surface area (Å²) < 4.78 is 0. The molecule has 5 heteroatoms. The Balaban J connectivity index is 2.14. The molecule has 0 aliphatic rings. The van der Waals surface area contributed by atoms with Gasteiger partial charge in [0, 0.05) is 12.4 Å². The molecule has 5 nitrogen and oxygen atoms in total. The summed E-state index contributed by atoms with van der Waals surface area (Å²) in [7, 11) is 0. The Morgan fingerprint density at radius 1 is 1.27 bits per heavy atom. The van der Waals surface area contributed by atoms with Gasteiger partial charge in [-0.25, -0.2) is 9.97 Å². The van der Waals surface area contributed by atoms with Gasteiger partial charge in [-0.05, 0) is 0 Å². The van der Waals surface area contributed by atoms with Crippen LogP contribution in [0.1, 0.15) is 11.6 Å². The lowest BCUT2D eigenvalue weighted by atomic mass is 10.4. The lowest BCUT2D eigenvalue weighted by molar-refractivity contribution is 0.919. The molecule has 2 N–H and O–H groups in total. The highest BCUT2D eigenvalue weighted by atomic mass is 15.2. The van der Waals surface area contributed by atoms with Crippen LogP contribution in [0.4, 0.5) is 0 Å². The number of rotatable bonds is 2. The minimum Gasteiger partial charge on any atom is -0.348 e. The van der Waals surface area contributed by atoms with E-state index in [1.165, 1.54) is 6.33 Å². The zero-order valence-corrected chi connectivity index (χ0v) is 5.78. The molecule has 0 unspecified atom stereocenters. The Hall–Kier alpha value is -1.65. The Labute approximate surface area is 62.9 Å². The minimum atomic E-state index is 0.674. The van der Waals surface area contributed by atoms with Crippen LogP contribution in [0.5, 0.6) is 0 Å². The Morgan fingerprint density at radius 3 is 2.91 bits per heavy atom. The van der Waals surface area contributed by atoms with E-state index in [-0.39, 0.29) is 0 Å². The molecule has 0 radical (unpaired) electrons. The van der Waals surface area contributed by atoms with E-state index >= 15 is 0 Å². The summed E-state index contributed by atoms with van der Waals surface area (Å²) in [6, 6.07) is 0. The average molecular weight is 149 g/mol. The molecule has 0 amide bonds. The number of nitrogens with zero attached hydrogens (tertiary/aromatic N) is 3. The monoisotopic (exact) mass is 149 g/mol. The van der Waals surface area contributed by atoms with Crippen molar-refractivity contribution >= 4 is 0 Å². The van der Waals surface area contributed by atoms with E-state index in [0.717, 1.165) is 11.6 Å². The number of H-pyrrole nitrogens is 2. The van der Waals surface area contributed by atoms with Crippen molar-refractivity contribution in [3.63, 3.8) is 0 Å². The molecular weight excluding hydrogens is 142 g/mol. The van der Waals surface area contributed by atoms with Gasteiger partial charge in [-0.2, -0.15) is 5.10 Å². The Kier molecular flexibility index (Phi) is 1.40. The lowest BCUT2D eigenvalue weighted by Crippen LogP contribution is -1.92. The Morgan fingerprint density at radius 2 is 2.27 bits per heavy atom. The summed E-state index contributed by atoms with van der Waals surface area (Å²) in [5, 5.41) is 6.48. The molecule has 2 rings (SSSR count). The van der Waals surface area contributed by atoms with E-state index in [0.29, 0.717) is 6.42 Å². The van der Waals surface area contributed by atoms with E-state index in [2.05, 4.69) is 25.1 Å². The van der Waals surface area contributed by atoms with Gasteiger partial charge in [-0.15, -0.1) is 0 Å². The fraction of sp³-hybridized carbons (Fsp3) is 0.167. The maximum atomic E-state index is 4.05. The third kappa shape index (κ3) is 1.26. The van der Waals surface area contributed by atoms with Gasteiger partial charge in [-0.1, -0.05) is 0 Å². The van der Waals surface area contributed by atoms with Crippen LogP contribution >= 0.6 is 0 Å². The predicted octanol–water partition coefficient (Wildman–Crippen LogP) is 0.119. The number of nitrogens with one attached hydrogen (secondary N) is 2. The maximum Gasteiger partial charge on any atom is 0.137 e. The number of aromatic nitrogens is 5. The van der Waals surface area contributed by atoms with Gasteiger partial charge < -0.3 is 4.98 Å². The molecule has 0 saturated carbocycles. The average Bonchev–Trinajstić information content (AvgIpc) is 2.60. The smallest absolute Gasteiger partial charge is 0.137 e. The summed E-state index contributed by atoms with van der Waals surface area (Å²) in [5.41, 5.74) is 0. The van der Waals surface area contributed by atoms with Gasteiger partial charge in [0.2, 0.25) is 0 Å². The maximum absolute atomic E-state index is 4.05. The molecule has 0 aromatic carbocycles. The van der Waals surface area contributed by atoms with Gasteiger partial charge >= 0.3 is 0 Å². The topological polar surface area (TPSA) is 70.2 Å². The van der Waals surface area contributed by atoms with Gasteiger partial charge in [0.05, 0.1) is 6.42 Å². The van der Waals surface area contributed by atoms with E-state index in [1.54, 1.807) is 12.4 Å². The standard InChI is InChI=1S/C6H7N5/c1-2-8-5(7-1)3-6-9-4-10-11-6/h1-2,4H,3H2,(H,7,8)(H,9,10,11).